The molecule has 0 spiro atoms. The highest BCUT2D eigenvalue weighted by Crippen LogP contribution is 2.23. The molecule has 3 N–H and O–H groups in total. The third-order valence-corrected chi connectivity index (χ3v) is 5.49. The summed E-state index contributed by atoms with van der Waals surface area (Å²) >= 11 is 0. The normalized spacial score (nSPS) is 19.8. The molecule has 0 radical (unpaired) electrons. The van der Waals surface area contributed by atoms with Crippen LogP contribution in [0.1, 0.15) is 69.7 Å². The van der Waals surface area contributed by atoms with Crippen LogP contribution in [0.15, 0.2) is 24.3 Å². The number of nitrogens with two attached hydrogens (primary N) is 1. The molecule has 164 valence electrons. The first-order chi connectivity index (χ1) is 13.5. The Morgan fingerprint density at radius 3 is 2.38 bits per heavy atom. The summed E-state index contributed by atoms with van der Waals surface area (Å²) in [6, 6.07) is 7.41. The van der Waals surface area contributed by atoms with Crippen LogP contribution >= 0.6 is 12.4 Å². The molecular formula is C22H36ClN3O3. The number of carbonyl (C=O) groups excluding carboxylic acids is 2. The first kappa shape index (κ1) is 25.2. The van der Waals surface area contributed by atoms with Crippen LogP contribution in [0.25, 0.3) is 0 Å². The summed E-state index contributed by atoms with van der Waals surface area (Å²) in [7, 11) is 0. The molecular weight excluding hydrogens is 390 g/mol. The van der Waals surface area contributed by atoms with Crippen molar-refractivity contribution in [2.75, 3.05) is 13.2 Å². The van der Waals surface area contributed by atoms with Crippen LogP contribution in [0.3, 0.4) is 0 Å². The summed E-state index contributed by atoms with van der Waals surface area (Å²) in [6.07, 6.45) is 6.25. The maximum Gasteiger partial charge on any atom is 0.260 e. The Bertz CT molecular complexity index is 629. The van der Waals surface area contributed by atoms with Crippen LogP contribution in [0.5, 0.6) is 5.75 Å². The number of rotatable bonds is 9. The number of likely N-dealkylation sites (tertiary alicyclic amines) is 1. The molecule has 1 aliphatic rings. The molecule has 0 saturated carbocycles. The van der Waals surface area contributed by atoms with E-state index in [2.05, 4.69) is 26.1 Å². The van der Waals surface area contributed by atoms with E-state index in [1.54, 1.807) is 24.3 Å². The van der Waals surface area contributed by atoms with Crippen LogP contribution in [0, 0.1) is 0 Å². The number of carbonyl (C=O) groups is 2. The van der Waals surface area contributed by atoms with E-state index in [0.29, 0.717) is 17.9 Å². The van der Waals surface area contributed by atoms with E-state index in [1.807, 2.05) is 4.90 Å². The zero-order chi connectivity index (χ0) is 20.5. The Morgan fingerprint density at radius 2 is 1.83 bits per heavy atom. The number of hydrogen-bond donors (Lipinski definition) is 2. The summed E-state index contributed by atoms with van der Waals surface area (Å²) in [5.41, 5.74) is 6.30. The van der Waals surface area contributed by atoms with Crippen molar-refractivity contribution >= 4 is 24.2 Å². The van der Waals surface area contributed by atoms with E-state index in [0.717, 1.165) is 32.1 Å². The van der Waals surface area contributed by atoms with E-state index in [9.17, 15) is 9.59 Å². The van der Waals surface area contributed by atoms with Gasteiger partial charge >= 0.3 is 0 Å². The van der Waals surface area contributed by atoms with Gasteiger partial charge in [0.15, 0.2) is 6.61 Å². The third kappa shape index (κ3) is 7.52. The van der Waals surface area contributed by atoms with E-state index in [4.69, 9.17) is 10.5 Å². The number of nitrogens with one attached hydrogen (secondary N) is 1. The average molecular weight is 426 g/mol. The summed E-state index contributed by atoms with van der Waals surface area (Å²) in [6.45, 7) is 6.76. The number of halogens is 1. The Labute approximate surface area is 181 Å². The van der Waals surface area contributed by atoms with Gasteiger partial charge in [-0.1, -0.05) is 19.8 Å². The molecule has 2 rings (SSSR count). The van der Waals surface area contributed by atoms with Gasteiger partial charge < -0.3 is 20.7 Å². The molecule has 3 unspecified atom stereocenters. The Morgan fingerprint density at radius 1 is 1.21 bits per heavy atom. The molecule has 3 atom stereocenters. The van der Waals surface area contributed by atoms with Crippen molar-refractivity contribution in [3.63, 3.8) is 0 Å². The minimum Gasteiger partial charge on any atom is -0.484 e. The van der Waals surface area contributed by atoms with Gasteiger partial charge in [-0.2, -0.15) is 0 Å². The number of unbranched alkanes of at least 4 members (excludes halogenated alkanes) is 1. The molecule has 0 aromatic heterocycles. The fourth-order valence-corrected chi connectivity index (χ4v) is 3.80. The first-order valence-corrected chi connectivity index (χ1v) is 10.5. The highest BCUT2D eigenvalue weighted by atomic mass is 35.5. The maximum absolute atomic E-state index is 12.5. The van der Waals surface area contributed by atoms with Gasteiger partial charge in [0.1, 0.15) is 5.75 Å². The lowest BCUT2D eigenvalue weighted by atomic mass is 9.97. The topological polar surface area (TPSA) is 84.7 Å². The number of ether oxygens (including phenoxy) is 1. The van der Waals surface area contributed by atoms with Gasteiger partial charge in [0.25, 0.3) is 11.8 Å². The van der Waals surface area contributed by atoms with Crippen molar-refractivity contribution in [3.8, 4) is 5.75 Å². The van der Waals surface area contributed by atoms with Gasteiger partial charge in [0.2, 0.25) is 0 Å². The highest BCUT2D eigenvalue weighted by Gasteiger charge is 2.28. The monoisotopic (exact) mass is 425 g/mol. The molecule has 2 amide bonds. The zero-order valence-electron chi connectivity index (χ0n) is 17.9. The minimum atomic E-state index is -0.134. The molecule has 1 aromatic carbocycles. The Kier molecular flexibility index (Phi) is 11.1. The lowest BCUT2D eigenvalue weighted by molar-refractivity contribution is -0.139. The SMILES string of the molecule is CCCCC(CN)NC(=O)c1ccc(OCC(=O)N2C(C)CCCC2C)cc1.Cl. The van der Waals surface area contributed by atoms with Crippen LogP contribution in [-0.2, 0) is 4.79 Å². The van der Waals surface area contributed by atoms with Crippen LogP contribution in [0.4, 0.5) is 0 Å². The Hall–Kier alpha value is -1.79. The largest absolute Gasteiger partial charge is 0.484 e. The molecule has 0 bridgehead atoms. The van der Waals surface area contributed by atoms with Crippen molar-refractivity contribution < 1.29 is 14.3 Å². The molecule has 7 heteroatoms. The van der Waals surface area contributed by atoms with Gasteiger partial charge in [-0.15, -0.1) is 12.4 Å². The first-order valence-electron chi connectivity index (χ1n) is 10.5. The molecule has 1 aromatic rings. The second-order valence-electron chi connectivity index (χ2n) is 7.79. The van der Waals surface area contributed by atoms with E-state index >= 15 is 0 Å². The zero-order valence-corrected chi connectivity index (χ0v) is 18.7. The molecule has 0 aliphatic carbocycles. The molecule has 1 aliphatic heterocycles. The minimum absolute atomic E-state index is 0. The quantitative estimate of drug-likeness (QED) is 0.633. The highest BCUT2D eigenvalue weighted by molar-refractivity contribution is 5.94. The number of amides is 2. The summed E-state index contributed by atoms with van der Waals surface area (Å²) in [4.78, 5) is 26.8. The summed E-state index contributed by atoms with van der Waals surface area (Å²) < 4.78 is 5.66. The van der Waals surface area contributed by atoms with Crippen molar-refractivity contribution in [1.82, 2.24) is 10.2 Å². The van der Waals surface area contributed by atoms with Crippen LogP contribution in [-0.4, -0.2) is 48.0 Å². The van der Waals surface area contributed by atoms with E-state index in [-0.39, 0.29) is 49.0 Å². The smallest absolute Gasteiger partial charge is 0.260 e. The van der Waals surface area contributed by atoms with Crippen molar-refractivity contribution in [3.05, 3.63) is 29.8 Å². The van der Waals surface area contributed by atoms with Gasteiger partial charge in [-0.25, -0.2) is 0 Å². The molecule has 1 fully saturated rings. The number of piperidine rings is 1. The van der Waals surface area contributed by atoms with E-state index < -0.39 is 0 Å². The second kappa shape index (κ2) is 12.7. The molecule has 1 heterocycles. The van der Waals surface area contributed by atoms with Gasteiger partial charge in [-0.05, 0) is 63.8 Å². The van der Waals surface area contributed by atoms with Gasteiger partial charge in [-0.3, -0.25) is 9.59 Å². The predicted octanol–water partition coefficient (Wildman–Crippen LogP) is 3.52. The van der Waals surface area contributed by atoms with Gasteiger partial charge in [0.05, 0.1) is 0 Å². The van der Waals surface area contributed by atoms with E-state index in [1.165, 1.54) is 6.42 Å². The number of nitrogens with zero attached hydrogens (tertiary/aromatic N) is 1. The summed E-state index contributed by atoms with van der Waals surface area (Å²) in [5, 5.41) is 2.97. The molecule has 1 saturated heterocycles. The second-order valence-corrected chi connectivity index (χ2v) is 7.79. The fraction of sp³-hybridized carbons (Fsp3) is 0.636. The molecule has 6 nitrogen and oxygen atoms in total. The fourth-order valence-electron chi connectivity index (χ4n) is 3.80. The van der Waals surface area contributed by atoms with Crippen LogP contribution < -0.4 is 15.8 Å². The molecule has 29 heavy (non-hydrogen) atoms. The van der Waals surface area contributed by atoms with Crippen molar-refractivity contribution in [1.29, 1.82) is 0 Å². The third-order valence-electron chi connectivity index (χ3n) is 5.49. The summed E-state index contributed by atoms with van der Waals surface area (Å²) in [5.74, 6) is 0.469. The Balaban J connectivity index is 0.00000420. The predicted molar refractivity (Wildman–Crippen MR) is 119 cm³/mol. The number of benzene rings is 1. The lowest BCUT2D eigenvalue weighted by Crippen LogP contribution is -2.49. The maximum atomic E-state index is 12.5. The van der Waals surface area contributed by atoms with Crippen molar-refractivity contribution in [2.24, 2.45) is 5.73 Å². The lowest BCUT2D eigenvalue weighted by Gasteiger charge is -2.38. The number of hydrogen-bond acceptors (Lipinski definition) is 4. The van der Waals surface area contributed by atoms with Crippen LogP contribution in [0.2, 0.25) is 0 Å². The average Bonchev–Trinajstić information content (AvgIpc) is 2.69. The standard InChI is InChI=1S/C22H35N3O3.ClH/c1-4-5-9-19(14-23)24-22(27)18-10-12-20(13-11-18)28-15-21(26)25-16(2)7-6-8-17(25)3;/h10-13,16-17,19H,4-9,14-15,23H2,1-3H3,(H,24,27);1H. The van der Waals surface area contributed by atoms with Crippen molar-refractivity contribution in [2.45, 2.75) is 77.4 Å². The van der Waals surface area contributed by atoms with Gasteiger partial charge in [0, 0.05) is 30.2 Å².